The number of hydrogen-bond donors (Lipinski definition) is 1. The number of nitrogens with one attached hydrogen (secondary N) is 1. The molecule has 0 saturated carbocycles. The summed E-state index contributed by atoms with van der Waals surface area (Å²) < 4.78 is 7.96. The summed E-state index contributed by atoms with van der Waals surface area (Å²) in [6, 6.07) is 15.5. The summed E-state index contributed by atoms with van der Waals surface area (Å²) in [6.07, 6.45) is -0.247. The molecule has 152 valence electrons. The highest BCUT2D eigenvalue weighted by atomic mass is 32.2. The fourth-order valence-electron chi connectivity index (χ4n) is 2.96. The summed E-state index contributed by atoms with van der Waals surface area (Å²) in [6.45, 7) is 8.72. The van der Waals surface area contributed by atoms with Crippen molar-refractivity contribution in [2.45, 2.75) is 45.5 Å². The first-order chi connectivity index (χ1) is 14.0. The molecule has 0 spiro atoms. The predicted octanol–water partition coefficient (Wildman–Crippen LogP) is 4.79. The molecule has 3 rings (SSSR count). The van der Waals surface area contributed by atoms with Gasteiger partial charge in [0.25, 0.3) is 0 Å². The van der Waals surface area contributed by atoms with Gasteiger partial charge in [0.15, 0.2) is 17.1 Å². The number of carbonyl (C=O) groups excluding carboxylic acids is 1. The van der Waals surface area contributed by atoms with E-state index in [4.69, 9.17) is 4.74 Å². The first-order valence-corrected chi connectivity index (χ1v) is 10.6. The zero-order valence-electron chi connectivity index (χ0n) is 17.2. The van der Waals surface area contributed by atoms with Crippen LogP contribution in [-0.4, -0.2) is 26.4 Å². The number of amides is 1. The van der Waals surface area contributed by atoms with Crippen LogP contribution in [0.15, 0.2) is 53.7 Å². The van der Waals surface area contributed by atoms with Crippen LogP contribution in [0.1, 0.15) is 36.9 Å². The van der Waals surface area contributed by atoms with Gasteiger partial charge in [0.05, 0.1) is 5.75 Å². The van der Waals surface area contributed by atoms with E-state index < -0.39 is 0 Å². The summed E-state index contributed by atoms with van der Waals surface area (Å²) in [5, 5.41) is 12.3. The molecular weight excluding hydrogens is 384 g/mol. The molecule has 1 atom stereocenters. The van der Waals surface area contributed by atoms with Crippen LogP contribution in [0.2, 0.25) is 0 Å². The Hall–Kier alpha value is -2.80. The van der Waals surface area contributed by atoms with Gasteiger partial charge in [0, 0.05) is 12.2 Å². The Balaban J connectivity index is 1.64. The third-order valence-electron chi connectivity index (χ3n) is 4.69. The zero-order valence-corrected chi connectivity index (χ0v) is 18.0. The Morgan fingerprint density at radius 1 is 1.14 bits per heavy atom. The number of aromatic nitrogens is 3. The minimum absolute atomic E-state index is 0.0653. The van der Waals surface area contributed by atoms with Gasteiger partial charge in [0.2, 0.25) is 5.91 Å². The molecular formula is C22H26N4O2S. The van der Waals surface area contributed by atoms with E-state index in [1.165, 1.54) is 11.8 Å². The molecule has 2 aromatic carbocycles. The second kappa shape index (κ2) is 9.60. The van der Waals surface area contributed by atoms with E-state index in [1.54, 1.807) is 0 Å². The van der Waals surface area contributed by atoms with Gasteiger partial charge in [-0.15, -0.1) is 10.2 Å². The van der Waals surface area contributed by atoms with Gasteiger partial charge < -0.3 is 14.6 Å². The van der Waals surface area contributed by atoms with Crippen molar-refractivity contribution in [3.05, 3.63) is 65.5 Å². The SMILES string of the molecule is CCn1c(SCC(=O)Nc2cccc(C)c2C)nnc1[C@@H](C)Oc1ccccc1. The van der Waals surface area contributed by atoms with Crippen LogP contribution in [0.3, 0.4) is 0 Å². The molecule has 7 heteroatoms. The average Bonchev–Trinajstić information content (AvgIpc) is 3.14. The Morgan fingerprint density at radius 2 is 1.90 bits per heavy atom. The van der Waals surface area contributed by atoms with E-state index in [1.807, 2.05) is 80.8 Å². The topological polar surface area (TPSA) is 69.0 Å². The number of anilines is 1. The minimum Gasteiger partial charge on any atom is -0.483 e. The van der Waals surface area contributed by atoms with E-state index in [-0.39, 0.29) is 17.8 Å². The van der Waals surface area contributed by atoms with Gasteiger partial charge in [0.1, 0.15) is 5.75 Å². The van der Waals surface area contributed by atoms with Crippen LogP contribution < -0.4 is 10.1 Å². The van der Waals surface area contributed by atoms with Crippen molar-refractivity contribution >= 4 is 23.4 Å². The van der Waals surface area contributed by atoms with E-state index in [2.05, 4.69) is 15.5 Å². The maximum absolute atomic E-state index is 12.4. The maximum atomic E-state index is 12.4. The molecule has 1 N–H and O–H groups in total. The molecule has 1 amide bonds. The molecule has 0 unspecified atom stereocenters. The van der Waals surface area contributed by atoms with Gasteiger partial charge in [-0.05, 0) is 57.0 Å². The second-order valence-electron chi connectivity index (χ2n) is 6.74. The third kappa shape index (κ3) is 5.17. The van der Waals surface area contributed by atoms with Gasteiger partial charge in [-0.2, -0.15) is 0 Å². The van der Waals surface area contributed by atoms with Gasteiger partial charge in [-0.1, -0.05) is 42.1 Å². The second-order valence-corrected chi connectivity index (χ2v) is 7.68. The molecule has 3 aromatic rings. The lowest BCUT2D eigenvalue weighted by Crippen LogP contribution is -2.16. The van der Waals surface area contributed by atoms with Crippen molar-refractivity contribution in [3.63, 3.8) is 0 Å². The average molecular weight is 411 g/mol. The molecule has 1 aromatic heterocycles. The molecule has 0 bridgehead atoms. The molecule has 0 aliphatic rings. The van der Waals surface area contributed by atoms with Crippen molar-refractivity contribution in [2.24, 2.45) is 0 Å². The van der Waals surface area contributed by atoms with Crippen LogP contribution in [0.5, 0.6) is 5.75 Å². The van der Waals surface area contributed by atoms with Crippen molar-refractivity contribution in [1.82, 2.24) is 14.8 Å². The zero-order chi connectivity index (χ0) is 20.8. The molecule has 6 nitrogen and oxygen atoms in total. The Kier molecular flexibility index (Phi) is 6.93. The Morgan fingerprint density at radius 3 is 2.62 bits per heavy atom. The summed E-state index contributed by atoms with van der Waals surface area (Å²) in [4.78, 5) is 12.4. The van der Waals surface area contributed by atoms with Gasteiger partial charge in [-0.3, -0.25) is 4.79 Å². The number of para-hydroxylation sites is 1. The lowest BCUT2D eigenvalue weighted by atomic mass is 10.1. The first-order valence-electron chi connectivity index (χ1n) is 9.63. The fourth-order valence-corrected chi connectivity index (χ4v) is 3.77. The smallest absolute Gasteiger partial charge is 0.234 e. The van der Waals surface area contributed by atoms with Crippen molar-refractivity contribution in [2.75, 3.05) is 11.1 Å². The molecule has 0 fully saturated rings. The van der Waals surface area contributed by atoms with Gasteiger partial charge >= 0.3 is 0 Å². The van der Waals surface area contributed by atoms with E-state index >= 15 is 0 Å². The summed E-state index contributed by atoms with van der Waals surface area (Å²) in [7, 11) is 0. The van der Waals surface area contributed by atoms with E-state index in [9.17, 15) is 4.79 Å². The van der Waals surface area contributed by atoms with Crippen molar-refractivity contribution in [3.8, 4) is 5.75 Å². The normalized spacial score (nSPS) is 11.9. The lowest BCUT2D eigenvalue weighted by Gasteiger charge is -2.15. The largest absolute Gasteiger partial charge is 0.483 e. The molecule has 29 heavy (non-hydrogen) atoms. The number of aryl methyl sites for hydroxylation is 1. The number of hydrogen-bond acceptors (Lipinski definition) is 5. The lowest BCUT2D eigenvalue weighted by molar-refractivity contribution is -0.113. The number of rotatable bonds is 8. The number of thioether (sulfide) groups is 1. The monoisotopic (exact) mass is 410 g/mol. The highest BCUT2D eigenvalue weighted by molar-refractivity contribution is 7.99. The van der Waals surface area contributed by atoms with E-state index in [0.717, 1.165) is 28.4 Å². The van der Waals surface area contributed by atoms with Crippen LogP contribution in [-0.2, 0) is 11.3 Å². The summed E-state index contributed by atoms with van der Waals surface area (Å²) in [5.41, 5.74) is 3.08. The molecule has 1 heterocycles. The maximum Gasteiger partial charge on any atom is 0.234 e. The first kappa shape index (κ1) is 20.9. The molecule has 0 saturated heterocycles. The van der Waals surface area contributed by atoms with Crippen LogP contribution in [0.25, 0.3) is 0 Å². The van der Waals surface area contributed by atoms with Crippen molar-refractivity contribution in [1.29, 1.82) is 0 Å². The third-order valence-corrected chi connectivity index (χ3v) is 5.66. The number of nitrogens with zero attached hydrogens (tertiary/aromatic N) is 3. The van der Waals surface area contributed by atoms with Crippen LogP contribution in [0.4, 0.5) is 5.69 Å². The highest BCUT2D eigenvalue weighted by Gasteiger charge is 2.19. The van der Waals surface area contributed by atoms with Gasteiger partial charge in [-0.25, -0.2) is 0 Å². The fraction of sp³-hybridized carbons (Fsp3) is 0.318. The van der Waals surface area contributed by atoms with Crippen LogP contribution >= 0.6 is 11.8 Å². The predicted molar refractivity (Wildman–Crippen MR) is 116 cm³/mol. The Labute approximate surface area is 175 Å². The molecule has 0 radical (unpaired) electrons. The quantitative estimate of drug-likeness (QED) is 0.541. The summed E-state index contributed by atoms with van der Waals surface area (Å²) >= 11 is 1.38. The number of carbonyl (C=O) groups is 1. The van der Waals surface area contributed by atoms with Crippen LogP contribution in [0, 0.1) is 13.8 Å². The minimum atomic E-state index is -0.247. The number of ether oxygens (including phenoxy) is 1. The Bertz CT molecular complexity index is 972. The standard InChI is InChI=1S/C22H26N4O2S/c1-5-26-21(17(4)28-18-11-7-6-8-12-18)24-25-22(26)29-14-20(27)23-19-13-9-10-15(2)16(19)3/h6-13,17H,5,14H2,1-4H3,(H,23,27)/t17-/m1/s1. The molecule has 0 aliphatic heterocycles. The highest BCUT2D eigenvalue weighted by Crippen LogP contribution is 2.25. The number of benzene rings is 2. The van der Waals surface area contributed by atoms with Crippen molar-refractivity contribution < 1.29 is 9.53 Å². The van der Waals surface area contributed by atoms with E-state index in [0.29, 0.717) is 11.7 Å². The summed E-state index contributed by atoms with van der Waals surface area (Å²) in [5.74, 6) is 1.73. The molecule has 0 aliphatic carbocycles.